The summed E-state index contributed by atoms with van der Waals surface area (Å²) in [6, 6.07) is 66.4. The molecular weight excluding hydrogens is 671 g/mol. The van der Waals surface area contributed by atoms with Gasteiger partial charge in [0.1, 0.15) is 22.8 Å². The van der Waals surface area contributed by atoms with Gasteiger partial charge in [0, 0.05) is 27.5 Å². The van der Waals surface area contributed by atoms with E-state index in [0.29, 0.717) is 0 Å². The second-order valence-corrected chi connectivity index (χ2v) is 14.1. The van der Waals surface area contributed by atoms with Gasteiger partial charge in [-0.3, -0.25) is 0 Å². The van der Waals surface area contributed by atoms with Crippen LogP contribution in [0.3, 0.4) is 0 Å². The fourth-order valence-corrected chi connectivity index (χ4v) is 8.30. The first kappa shape index (κ1) is 31.2. The van der Waals surface area contributed by atoms with Crippen LogP contribution in [0.5, 0.6) is 0 Å². The first-order valence-corrected chi connectivity index (χ1v) is 18.7. The normalized spacial score (nSPS) is 14.4. The summed E-state index contributed by atoms with van der Waals surface area (Å²) in [6.45, 7) is 0. The van der Waals surface area contributed by atoms with Gasteiger partial charge < -0.3 is 9.73 Å². The zero-order valence-corrected chi connectivity index (χ0v) is 29.8. The Kier molecular flexibility index (Phi) is 7.20. The maximum atomic E-state index is 6.29. The maximum absolute atomic E-state index is 6.29. The van der Waals surface area contributed by atoms with Gasteiger partial charge in [-0.2, -0.15) is 0 Å². The highest BCUT2D eigenvalue weighted by Gasteiger charge is 2.23. The summed E-state index contributed by atoms with van der Waals surface area (Å²) in [6.07, 6.45) is -0.472. The standard InChI is InChI=1S/C51H33N3O/c1-2-13-36-31-37(30-25-32(36)11-1)50-52-49(35-28-26-34(27-29-35)39-17-7-14-33-12-3-4-15-38(33)39)53-51(54-50)44-22-9-18-40-41(19-8-20-42(40)44)43-21-10-24-47-48(43)45-16-5-6-23-46(45)55-47/h1-31,51H,(H,52,53,54). The van der Waals surface area contributed by atoms with Crippen LogP contribution in [-0.2, 0) is 0 Å². The van der Waals surface area contributed by atoms with E-state index in [1.165, 1.54) is 32.7 Å². The Morgan fingerprint density at radius 2 is 0.964 bits per heavy atom. The molecule has 0 radical (unpaired) electrons. The topological polar surface area (TPSA) is 49.9 Å². The number of hydrogen-bond acceptors (Lipinski definition) is 4. The SMILES string of the molecule is c1ccc2cc(C3=NC(c4cccc5c(-c6cccc7oc8ccccc8c67)cccc45)N=C(c4ccc(-c5cccc6ccccc56)cc4)N3)ccc2c1. The monoisotopic (exact) mass is 703 g/mol. The van der Waals surface area contributed by atoms with E-state index < -0.39 is 6.17 Å². The molecule has 2 heterocycles. The Morgan fingerprint density at radius 3 is 1.85 bits per heavy atom. The molecule has 0 bridgehead atoms. The van der Waals surface area contributed by atoms with Gasteiger partial charge in [0.05, 0.1) is 0 Å². The summed E-state index contributed by atoms with van der Waals surface area (Å²) in [7, 11) is 0. The van der Waals surface area contributed by atoms with E-state index in [1.54, 1.807) is 0 Å². The lowest BCUT2D eigenvalue weighted by atomic mass is 9.92. The molecule has 0 spiro atoms. The molecule has 4 heteroatoms. The van der Waals surface area contributed by atoms with Gasteiger partial charge in [-0.05, 0) is 72.8 Å². The number of amidine groups is 2. The Hall–Kier alpha value is -7.30. The predicted molar refractivity (Wildman–Crippen MR) is 229 cm³/mol. The molecule has 0 amide bonds. The average Bonchev–Trinajstić information content (AvgIpc) is 3.65. The van der Waals surface area contributed by atoms with Crippen LogP contribution in [0.15, 0.2) is 202 Å². The van der Waals surface area contributed by atoms with Crippen molar-refractivity contribution in [3.63, 3.8) is 0 Å². The molecule has 10 aromatic rings. The molecule has 0 saturated carbocycles. The van der Waals surface area contributed by atoms with Crippen LogP contribution in [0.1, 0.15) is 22.9 Å². The fraction of sp³-hybridized carbons (Fsp3) is 0.0196. The third kappa shape index (κ3) is 5.30. The Balaban J connectivity index is 1.06. The van der Waals surface area contributed by atoms with Gasteiger partial charge in [-0.25, -0.2) is 9.98 Å². The minimum atomic E-state index is -0.472. The van der Waals surface area contributed by atoms with E-state index in [-0.39, 0.29) is 0 Å². The highest BCUT2D eigenvalue weighted by atomic mass is 16.3. The van der Waals surface area contributed by atoms with Crippen LogP contribution in [0.25, 0.3) is 76.5 Å². The molecular formula is C51H33N3O. The maximum Gasteiger partial charge on any atom is 0.170 e. The first-order chi connectivity index (χ1) is 27.2. The van der Waals surface area contributed by atoms with Crippen molar-refractivity contribution in [2.45, 2.75) is 6.17 Å². The molecule has 1 aliphatic rings. The van der Waals surface area contributed by atoms with Crippen LogP contribution in [-0.4, -0.2) is 11.7 Å². The zero-order valence-electron chi connectivity index (χ0n) is 29.8. The molecule has 0 aliphatic carbocycles. The number of rotatable bonds is 5. The van der Waals surface area contributed by atoms with E-state index in [4.69, 9.17) is 14.4 Å². The number of nitrogens with zero attached hydrogens (tertiary/aromatic N) is 2. The van der Waals surface area contributed by atoms with E-state index in [2.05, 4.69) is 181 Å². The Labute approximate surface area is 317 Å². The van der Waals surface area contributed by atoms with Crippen molar-refractivity contribution < 1.29 is 4.42 Å². The third-order valence-electron chi connectivity index (χ3n) is 10.9. The number of nitrogens with one attached hydrogen (secondary N) is 1. The largest absolute Gasteiger partial charge is 0.456 e. The highest BCUT2D eigenvalue weighted by Crippen LogP contribution is 2.41. The Morgan fingerprint density at radius 1 is 0.382 bits per heavy atom. The summed E-state index contributed by atoms with van der Waals surface area (Å²) >= 11 is 0. The molecule has 1 aromatic heterocycles. The minimum Gasteiger partial charge on any atom is -0.456 e. The summed E-state index contributed by atoms with van der Waals surface area (Å²) in [5, 5.41) is 13.0. The molecule has 1 unspecified atom stereocenters. The van der Waals surface area contributed by atoms with Gasteiger partial charge in [0.25, 0.3) is 0 Å². The van der Waals surface area contributed by atoms with Gasteiger partial charge in [0.15, 0.2) is 6.17 Å². The molecule has 11 rings (SSSR count). The molecule has 1 aliphatic heterocycles. The van der Waals surface area contributed by atoms with Crippen LogP contribution < -0.4 is 5.32 Å². The van der Waals surface area contributed by atoms with Crippen molar-refractivity contribution in [2.24, 2.45) is 9.98 Å². The first-order valence-electron chi connectivity index (χ1n) is 18.7. The number of para-hydroxylation sites is 1. The van der Waals surface area contributed by atoms with E-state index in [1.807, 2.05) is 12.1 Å². The van der Waals surface area contributed by atoms with Gasteiger partial charge in [0.2, 0.25) is 0 Å². The lowest BCUT2D eigenvalue weighted by Crippen LogP contribution is -2.36. The minimum absolute atomic E-state index is 0.472. The molecule has 1 N–H and O–H groups in total. The van der Waals surface area contributed by atoms with Gasteiger partial charge in [-0.1, -0.05) is 170 Å². The Bertz CT molecular complexity index is 3180. The average molecular weight is 704 g/mol. The van der Waals surface area contributed by atoms with Crippen LogP contribution >= 0.6 is 0 Å². The molecule has 258 valence electrons. The molecule has 9 aromatic carbocycles. The van der Waals surface area contributed by atoms with Gasteiger partial charge >= 0.3 is 0 Å². The second-order valence-electron chi connectivity index (χ2n) is 14.1. The third-order valence-corrected chi connectivity index (χ3v) is 10.9. The van der Waals surface area contributed by atoms with E-state index >= 15 is 0 Å². The second kappa shape index (κ2) is 12.7. The zero-order chi connectivity index (χ0) is 36.3. The van der Waals surface area contributed by atoms with Crippen molar-refractivity contribution in [3.8, 4) is 22.3 Å². The highest BCUT2D eigenvalue weighted by molar-refractivity contribution is 6.18. The van der Waals surface area contributed by atoms with Gasteiger partial charge in [-0.15, -0.1) is 0 Å². The predicted octanol–water partition coefficient (Wildman–Crippen LogP) is 12.9. The summed E-state index contributed by atoms with van der Waals surface area (Å²) in [5.74, 6) is 1.58. The van der Waals surface area contributed by atoms with Crippen molar-refractivity contribution in [2.75, 3.05) is 0 Å². The van der Waals surface area contributed by atoms with Crippen molar-refractivity contribution in [1.29, 1.82) is 0 Å². The fourth-order valence-electron chi connectivity index (χ4n) is 8.30. The number of benzene rings is 9. The van der Waals surface area contributed by atoms with E-state index in [9.17, 15) is 0 Å². The van der Waals surface area contributed by atoms with Crippen molar-refractivity contribution in [3.05, 3.63) is 205 Å². The molecule has 1 atom stereocenters. The lowest BCUT2D eigenvalue weighted by Gasteiger charge is -2.24. The van der Waals surface area contributed by atoms with Crippen LogP contribution in [0.2, 0.25) is 0 Å². The van der Waals surface area contributed by atoms with Crippen molar-refractivity contribution >= 4 is 65.9 Å². The smallest absolute Gasteiger partial charge is 0.170 e. The summed E-state index contributed by atoms with van der Waals surface area (Å²) in [4.78, 5) is 10.7. The van der Waals surface area contributed by atoms with Crippen LogP contribution in [0, 0.1) is 0 Å². The number of aliphatic imine (C=N–C) groups is 2. The lowest BCUT2D eigenvalue weighted by molar-refractivity contribution is 0.669. The number of hydrogen-bond donors (Lipinski definition) is 1. The molecule has 4 nitrogen and oxygen atoms in total. The number of fused-ring (bicyclic) bond motifs is 6. The van der Waals surface area contributed by atoms with Crippen LogP contribution in [0.4, 0.5) is 0 Å². The van der Waals surface area contributed by atoms with Crippen molar-refractivity contribution in [1.82, 2.24) is 5.32 Å². The quantitative estimate of drug-likeness (QED) is 0.194. The summed E-state index contributed by atoms with van der Waals surface area (Å²) < 4.78 is 6.29. The number of furan rings is 1. The molecule has 55 heavy (non-hydrogen) atoms. The molecule has 0 saturated heterocycles. The molecule has 0 fully saturated rings. The summed E-state index contributed by atoms with van der Waals surface area (Å²) in [5.41, 5.74) is 9.52. The van der Waals surface area contributed by atoms with E-state index in [0.717, 1.165) is 72.2 Å².